The van der Waals surface area contributed by atoms with Crippen molar-refractivity contribution in [2.45, 2.75) is 63.1 Å². The predicted octanol–water partition coefficient (Wildman–Crippen LogP) is 2.91. The molecule has 1 unspecified atom stereocenters. The minimum Gasteiger partial charge on any atom is -0.497 e. The summed E-state index contributed by atoms with van der Waals surface area (Å²) in [4.78, 5) is 0. The Hall–Kier alpha value is -1.06. The Morgan fingerprint density at radius 3 is 2.62 bits per heavy atom. The molecule has 0 heterocycles. The van der Waals surface area contributed by atoms with Crippen LogP contribution in [-0.2, 0) is 6.42 Å². The van der Waals surface area contributed by atoms with Crippen LogP contribution in [0.25, 0.3) is 0 Å². The van der Waals surface area contributed by atoms with E-state index in [0.29, 0.717) is 12.1 Å². The Bertz CT molecular complexity index is 450. The summed E-state index contributed by atoms with van der Waals surface area (Å²) in [7, 11) is 1.73. The molecule has 2 aliphatic carbocycles. The van der Waals surface area contributed by atoms with Gasteiger partial charge in [-0.05, 0) is 68.6 Å². The first-order valence-corrected chi connectivity index (χ1v) is 8.31. The SMILES string of the molecule is COc1cccc(CC(NC2CCC(O)CC2)C2CC2)c1. The summed E-state index contributed by atoms with van der Waals surface area (Å²) in [5.74, 6) is 1.78. The molecular weight excluding hydrogens is 262 g/mol. The molecule has 0 bridgehead atoms. The molecule has 2 fully saturated rings. The Balaban J connectivity index is 1.59. The fourth-order valence-electron chi connectivity index (χ4n) is 3.46. The Labute approximate surface area is 127 Å². The molecule has 3 nitrogen and oxygen atoms in total. The maximum absolute atomic E-state index is 9.63. The molecule has 0 saturated heterocycles. The van der Waals surface area contributed by atoms with Crippen LogP contribution >= 0.6 is 0 Å². The number of nitrogens with one attached hydrogen (secondary N) is 1. The topological polar surface area (TPSA) is 41.5 Å². The molecule has 3 heteroatoms. The van der Waals surface area contributed by atoms with Crippen LogP contribution in [0, 0.1) is 5.92 Å². The first kappa shape index (κ1) is 14.9. The number of methoxy groups -OCH3 is 1. The van der Waals surface area contributed by atoms with Gasteiger partial charge < -0.3 is 15.2 Å². The van der Waals surface area contributed by atoms with Crippen LogP contribution in [0.3, 0.4) is 0 Å². The van der Waals surface area contributed by atoms with Crippen molar-refractivity contribution < 1.29 is 9.84 Å². The largest absolute Gasteiger partial charge is 0.497 e. The highest BCUT2D eigenvalue weighted by Crippen LogP contribution is 2.35. The average Bonchev–Trinajstić information content (AvgIpc) is 3.34. The molecule has 2 saturated carbocycles. The third-order valence-electron chi connectivity index (χ3n) is 4.93. The van der Waals surface area contributed by atoms with Gasteiger partial charge in [-0.15, -0.1) is 0 Å². The third-order valence-corrected chi connectivity index (χ3v) is 4.93. The zero-order valence-electron chi connectivity index (χ0n) is 12.9. The van der Waals surface area contributed by atoms with E-state index >= 15 is 0 Å². The van der Waals surface area contributed by atoms with Crippen molar-refractivity contribution in [1.29, 1.82) is 0 Å². The van der Waals surface area contributed by atoms with Gasteiger partial charge in [0.15, 0.2) is 0 Å². The van der Waals surface area contributed by atoms with Crippen LogP contribution in [0.1, 0.15) is 44.1 Å². The van der Waals surface area contributed by atoms with Crippen LogP contribution < -0.4 is 10.1 Å². The number of ether oxygens (including phenoxy) is 1. The van der Waals surface area contributed by atoms with Gasteiger partial charge in [0.2, 0.25) is 0 Å². The third kappa shape index (κ3) is 4.21. The van der Waals surface area contributed by atoms with E-state index in [1.165, 1.54) is 18.4 Å². The number of benzene rings is 1. The zero-order chi connectivity index (χ0) is 14.7. The Kier molecular flexibility index (Phi) is 4.81. The summed E-state index contributed by atoms with van der Waals surface area (Å²) in [6, 6.07) is 9.61. The van der Waals surface area contributed by atoms with Crippen LogP contribution in [0.15, 0.2) is 24.3 Å². The summed E-state index contributed by atoms with van der Waals surface area (Å²) in [5, 5.41) is 13.5. The van der Waals surface area contributed by atoms with Crippen molar-refractivity contribution in [1.82, 2.24) is 5.32 Å². The van der Waals surface area contributed by atoms with E-state index < -0.39 is 0 Å². The van der Waals surface area contributed by atoms with Gasteiger partial charge in [0, 0.05) is 12.1 Å². The molecule has 3 rings (SSSR count). The molecule has 1 atom stereocenters. The van der Waals surface area contributed by atoms with Crippen molar-refractivity contribution in [2.24, 2.45) is 5.92 Å². The van der Waals surface area contributed by atoms with Gasteiger partial charge in [0.05, 0.1) is 13.2 Å². The second kappa shape index (κ2) is 6.80. The van der Waals surface area contributed by atoms with Gasteiger partial charge in [-0.3, -0.25) is 0 Å². The molecule has 2 N–H and O–H groups in total. The molecule has 21 heavy (non-hydrogen) atoms. The Morgan fingerprint density at radius 2 is 1.95 bits per heavy atom. The molecule has 2 aliphatic rings. The highest BCUT2D eigenvalue weighted by atomic mass is 16.5. The van der Waals surface area contributed by atoms with Gasteiger partial charge >= 0.3 is 0 Å². The van der Waals surface area contributed by atoms with E-state index in [1.54, 1.807) is 7.11 Å². The summed E-state index contributed by atoms with van der Waals surface area (Å²) in [6.07, 6.45) is 7.86. The fourth-order valence-corrected chi connectivity index (χ4v) is 3.46. The molecule has 0 aliphatic heterocycles. The van der Waals surface area contributed by atoms with Gasteiger partial charge in [0.25, 0.3) is 0 Å². The normalized spacial score (nSPS) is 27.3. The summed E-state index contributed by atoms with van der Waals surface area (Å²) in [6.45, 7) is 0. The van der Waals surface area contributed by atoms with E-state index in [1.807, 2.05) is 6.07 Å². The van der Waals surface area contributed by atoms with Gasteiger partial charge in [-0.2, -0.15) is 0 Å². The lowest BCUT2D eigenvalue weighted by Crippen LogP contribution is -2.43. The molecule has 1 aromatic rings. The molecular formula is C18H27NO2. The molecule has 1 aromatic carbocycles. The van der Waals surface area contributed by atoms with Crippen molar-refractivity contribution in [3.8, 4) is 5.75 Å². The Morgan fingerprint density at radius 1 is 1.19 bits per heavy atom. The van der Waals surface area contributed by atoms with E-state index in [-0.39, 0.29) is 6.10 Å². The number of rotatable bonds is 6. The van der Waals surface area contributed by atoms with Crippen molar-refractivity contribution >= 4 is 0 Å². The lowest BCUT2D eigenvalue weighted by Gasteiger charge is -2.30. The number of hydrogen-bond donors (Lipinski definition) is 2. The minimum absolute atomic E-state index is 0.0687. The molecule has 0 spiro atoms. The maximum Gasteiger partial charge on any atom is 0.119 e. The summed E-state index contributed by atoms with van der Waals surface area (Å²) < 4.78 is 5.33. The van der Waals surface area contributed by atoms with Crippen LogP contribution in [-0.4, -0.2) is 30.4 Å². The molecule has 0 radical (unpaired) electrons. The molecule has 0 amide bonds. The lowest BCUT2D eigenvalue weighted by molar-refractivity contribution is 0.113. The highest BCUT2D eigenvalue weighted by Gasteiger charge is 2.33. The smallest absolute Gasteiger partial charge is 0.119 e. The van der Waals surface area contributed by atoms with E-state index in [9.17, 15) is 5.11 Å². The zero-order valence-corrected chi connectivity index (χ0v) is 12.9. The monoisotopic (exact) mass is 289 g/mol. The first-order valence-electron chi connectivity index (χ1n) is 8.31. The van der Waals surface area contributed by atoms with Crippen molar-refractivity contribution in [3.05, 3.63) is 29.8 Å². The molecule has 116 valence electrons. The number of aliphatic hydroxyl groups is 1. The first-order chi connectivity index (χ1) is 10.2. The average molecular weight is 289 g/mol. The van der Waals surface area contributed by atoms with Gasteiger partial charge in [-0.25, -0.2) is 0 Å². The number of aliphatic hydroxyl groups excluding tert-OH is 1. The lowest BCUT2D eigenvalue weighted by atomic mass is 9.91. The van der Waals surface area contributed by atoms with Gasteiger partial charge in [0.1, 0.15) is 5.75 Å². The minimum atomic E-state index is -0.0687. The highest BCUT2D eigenvalue weighted by molar-refractivity contribution is 5.29. The van der Waals surface area contributed by atoms with Crippen molar-refractivity contribution in [3.63, 3.8) is 0 Å². The summed E-state index contributed by atoms with van der Waals surface area (Å²) in [5.41, 5.74) is 1.36. The van der Waals surface area contributed by atoms with Crippen LogP contribution in [0.4, 0.5) is 0 Å². The maximum atomic E-state index is 9.63. The summed E-state index contributed by atoms with van der Waals surface area (Å²) >= 11 is 0. The molecule has 0 aromatic heterocycles. The van der Waals surface area contributed by atoms with Gasteiger partial charge in [-0.1, -0.05) is 12.1 Å². The predicted molar refractivity (Wildman–Crippen MR) is 84.6 cm³/mol. The fraction of sp³-hybridized carbons (Fsp3) is 0.667. The standard InChI is InChI=1S/C18H27NO2/c1-21-17-4-2-3-13(11-17)12-18(14-5-6-14)19-15-7-9-16(20)10-8-15/h2-4,11,14-16,18-20H,5-10,12H2,1H3. The van der Waals surface area contributed by atoms with E-state index in [4.69, 9.17) is 4.74 Å². The van der Waals surface area contributed by atoms with Crippen LogP contribution in [0.2, 0.25) is 0 Å². The van der Waals surface area contributed by atoms with Crippen molar-refractivity contribution in [2.75, 3.05) is 7.11 Å². The number of hydrogen-bond acceptors (Lipinski definition) is 3. The second-order valence-electron chi connectivity index (χ2n) is 6.67. The van der Waals surface area contributed by atoms with Crippen LogP contribution in [0.5, 0.6) is 5.75 Å². The van der Waals surface area contributed by atoms with E-state index in [2.05, 4.69) is 23.5 Å². The second-order valence-corrected chi connectivity index (χ2v) is 6.67. The van der Waals surface area contributed by atoms with E-state index in [0.717, 1.165) is 43.8 Å². The quantitative estimate of drug-likeness (QED) is 0.846.